The first-order valence-electron chi connectivity index (χ1n) is 6.66. The van der Waals surface area contributed by atoms with Gasteiger partial charge in [-0.25, -0.2) is 9.59 Å². The predicted molar refractivity (Wildman–Crippen MR) is 76.5 cm³/mol. The first-order valence-corrected chi connectivity index (χ1v) is 6.66. The monoisotopic (exact) mass is 318 g/mol. The number of carbonyl (C=O) groups excluding carboxylic acids is 2. The van der Waals surface area contributed by atoms with Crippen molar-refractivity contribution in [3.63, 3.8) is 0 Å². The molecule has 2 rings (SSSR count). The zero-order valence-corrected chi connectivity index (χ0v) is 12.0. The number of benzene rings is 2. The highest BCUT2D eigenvalue weighted by atomic mass is 17.3. The van der Waals surface area contributed by atoms with Gasteiger partial charge in [0, 0.05) is 0 Å². The summed E-state index contributed by atoms with van der Waals surface area (Å²) in [7, 11) is 0. The Morgan fingerprint density at radius 1 is 0.652 bits per heavy atom. The fraction of sp³-hybridized carbons (Fsp3) is 0.125. The second-order valence-corrected chi connectivity index (χ2v) is 4.26. The van der Waals surface area contributed by atoms with E-state index in [1.807, 2.05) is 12.1 Å². The molecule has 0 saturated carbocycles. The average Bonchev–Trinajstić information content (AvgIpc) is 2.57. The Balaban J connectivity index is 1.58. The lowest BCUT2D eigenvalue weighted by atomic mass is 10.2. The Morgan fingerprint density at radius 2 is 1.04 bits per heavy atom. The second kappa shape index (κ2) is 9.19. The van der Waals surface area contributed by atoms with E-state index < -0.39 is 12.3 Å². The van der Waals surface area contributed by atoms with Crippen molar-refractivity contribution >= 4 is 12.3 Å². The van der Waals surface area contributed by atoms with Gasteiger partial charge in [-0.2, -0.15) is 9.78 Å². The minimum Gasteiger partial charge on any atom is -0.323 e. The SMILES string of the molecule is O=C(OOCc1ccccc1)OC(=O)OOCc1ccccc1. The van der Waals surface area contributed by atoms with Crippen LogP contribution in [0.2, 0.25) is 0 Å². The molecular weight excluding hydrogens is 304 g/mol. The Kier molecular flexibility index (Phi) is 6.58. The minimum absolute atomic E-state index is 0.0233. The minimum atomic E-state index is -1.35. The molecular formula is C16H14O7. The summed E-state index contributed by atoms with van der Waals surface area (Å²) >= 11 is 0. The lowest BCUT2D eigenvalue weighted by Crippen LogP contribution is -2.15. The smallest absolute Gasteiger partial charge is 0.323 e. The van der Waals surface area contributed by atoms with E-state index in [0.29, 0.717) is 0 Å². The molecule has 0 N–H and O–H groups in total. The van der Waals surface area contributed by atoms with E-state index in [0.717, 1.165) is 11.1 Å². The van der Waals surface area contributed by atoms with Crippen molar-refractivity contribution in [1.29, 1.82) is 0 Å². The summed E-state index contributed by atoms with van der Waals surface area (Å²) in [6, 6.07) is 18.0. The standard InChI is InChI=1S/C16H14O7/c17-15(22-19-11-13-7-3-1-4-8-13)21-16(18)23-20-12-14-9-5-2-6-10-14/h1-10H,11-12H2. The third-order valence-corrected chi connectivity index (χ3v) is 2.56. The molecule has 7 nitrogen and oxygen atoms in total. The van der Waals surface area contributed by atoms with E-state index in [1.54, 1.807) is 48.5 Å². The topological polar surface area (TPSA) is 80.3 Å². The molecule has 0 spiro atoms. The Hall–Kier alpha value is -2.90. The highest BCUT2D eigenvalue weighted by molar-refractivity contribution is 5.76. The van der Waals surface area contributed by atoms with Crippen LogP contribution in [0.15, 0.2) is 60.7 Å². The fourth-order valence-corrected chi connectivity index (χ4v) is 1.54. The molecule has 0 aromatic heterocycles. The van der Waals surface area contributed by atoms with Gasteiger partial charge >= 0.3 is 12.3 Å². The van der Waals surface area contributed by atoms with Crippen LogP contribution in [0.4, 0.5) is 9.59 Å². The molecule has 0 aliphatic rings. The summed E-state index contributed by atoms with van der Waals surface area (Å²) in [4.78, 5) is 40.1. The van der Waals surface area contributed by atoms with Gasteiger partial charge in [0.1, 0.15) is 13.2 Å². The summed E-state index contributed by atoms with van der Waals surface area (Å²) in [5.74, 6) is 0. The molecule has 7 heteroatoms. The van der Waals surface area contributed by atoms with Crippen LogP contribution < -0.4 is 0 Å². The predicted octanol–water partition coefficient (Wildman–Crippen LogP) is 3.54. The lowest BCUT2D eigenvalue weighted by Gasteiger charge is -2.04. The number of hydrogen-bond acceptors (Lipinski definition) is 7. The van der Waals surface area contributed by atoms with Crippen LogP contribution in [-0.2, 0) is 37.5 Å². The van der Waals surface area contributed by atoms with Crippen LogP contribution in [0.25, 0.3) is 0 Å². The molecule has 0 saturated heterocycles. The molecule has 0 heterocycles. The molecule has 23 heavy (non-hydrogen) atoms. The number of rotatable bonds is 6. The third kappa shape index (κ3) is 6.60. The maximum Gasteiger partial charge on any atom is 0.550 e. The summed E-state index contributed by atoms with van der Waals surface area (Å²) in [6.07, 6.45) is -2.71. The first kappa shape index (κ1) is 16.5. The lowest BCUT2D eigenvalue weighted by molar-refractivity contribution is -0.280. The van der Waals surface area contributed by atoms with Gasteiger partial charge in [-0.3, -0.25) is 9.78 Å². The number of ether oxygens (including phenoxy) is 1. The molecule has 0 aliphatic heterocycles. The van der Waals surface area contributed by atoms with Gasteiger partial charge in [0.2, 0.25) is 0 Å². The largest absolute Gasteiger partial charge is 0.550 e. The molecule has 2 aromatic rings. The highest BCUT2D eigenvalue weighted by Crippen LogP contribution is 2.03. The van der Waals surface area contributed by atoms with Gasteiger partial charge in [0.25, 0.3) is 0 Å². The Labute approximate surface area is 132 Å². The van der Waals surface area contributed by atoms with Gasteiger partial charge < -0.3 is 4.74 Å². The van der Waals surface area contributed by atoms with Gasteiger partial charge in [0.15, 0.2) is 0 Å². The maximum atomic E-state index is 11.2. The normalized spacial score (nSPS) is 9.91. The molecule has 0 bridgehead atoms. The molecule has 0 unspecified atom stereocenters. The van der Waals surface area contributed by atoms with Crippen LogP contribution >= 0.6 is 0 Å². The van der Waals surface area contributed by atoms with Crippen molar-refractivity contribution in [1.82, 2.24) is 0 Å². The van der Waals surface area contributed by atoms with Gasteiger partial charge in [0.05, 0.1) is 0 Å². The zero-order chi connectivity index (χ0) is 16.3. The molecule has 0 atom stereocenters. The van der Waals surface area contributed by atoms with Crippen molar-refractivity contribution in [3.8, 4) is 0 Å². The highest BCUT2D eigenvalue weighted by Gasteiger charge is 2.15. The van der Waals surface area contributed by atoms with E-state index in [2.05, 4.69) is 24.3 Å². The quantitative estimate of drug-likeness (QED) is 0.349. The van der Waals surface area contributed by atoms with Crippen molar-refractivity contribution in [3.05, 3.63) is 71.8 Å². The van der Waals surface area contributed by atoms with Crippen LogP contribution in [-0.4, -0.2) is 12.3 Å². The van der Waals surface area contributed by atoms with Crippen molar-refractivity contribution in [2.75, 3.05) is 0 Å². The van der Waals surface area contributed by atoms with Crippen molar-refractivity contribution in [2.24, 2.45) is 0 Å². The van der Waals surface area contributed by atoms with E-state index in [-0.39, 0.29) is 13.2 Å². The molecule has 0 radical (unpaired) electrons. The third-order valence-electron chi connectivity index (χ3n) is 2.56. The van der Waals surface area contributed by atoms with E-state index in [1.165, 1.54) is 0 Å². The van der Waals surface area contributed by atoms with Crippen molar-refractivity contribution in [2.45, 2.75) is 13.2 Å². The number of carbonyl (C=O) groups is 2. The Morgan fingerprint density at radius 3 is 1.43 bits per heavy atom. The molecule has 0 amide bonds. The van der Waals surface area contributed by atoms with Gasteiger partial charge in [-0.05, 0) is 11.1 Å². The van der Waals surface area contributed by atoms with Crippen molar-refractivity contribution < 1.29 is 33.9 Å². The van der Waals surface area contributed by atoms with E-state index in [4.69, 9.17) is 0 Å². The second-order valence-electron chi connectivity index (χ2n) is 4.26. The molecule has 0 fully saturated rings. The molecule has 2 aromatic carbocycles. The van der Waals surface area contributed by atoms with Crippen LogP contribution in [0.5, 0.6) is 0 Å². The summed E-state index contributed by atoms with van der Waals surface area (Å²) in [5.41, 5.74) is 1.57. The maximum absolute atomic E-state index is 11.2. The van der Waals surface area contributed by atoms with Crippen LogP contribution in [0, 0.1) is 0 Å². The summed E-state index contributed by atoms with van der Waals surface area (Å²) < 4.78 is 4.15. The summed E-state index contributed by atoms with van der Waals surface area (Å²) in [5, 5.41) is 0. The van der Waals surface area contributed by atoms with Gasteiger partial charge in [-0.15, -0.1) is 0 Å². The van der Waals surface area contributed by atoms with E-state index >= 15 is 0 Å². The van der Waals surface area contributed by atoms with E-state index in [9.17, 15) is 9.59 Å². The first-order chi connectivity index (χ1) is 11.2. The number of hydrogen-bond donors (Lipinski definition) is 0. The molecule has 0 aliphatic carbocycles. The fourth-order valence-electron chi connectivity index (χ4n) is 1.54. The van der Waals surface area contributed by atoms with Crippen LogP contribution in [0.1, 0.15) is 11.1 Å². The average molecular weight is 318 g/mol. The Bertz CT molecular complexity index is 557. The van der Waals surface area contributed by atoms with Crippen LogP contribution in [0.3, 0.4) is 0 Å². The summed E-state index contributed by atoms with van der Waals surface area (Å²) in [6.45, 7) is 0.0466. The zero-order valence-electron chi connectivity index (χ0n) is 12.0. The molecule has 120 valence electrons. The van der Waals surface area contributed by atoms with Gasteiger partial charge in [-0.1, -0.05) is 60.7 Å².